The quantitative estimate of drug-likeness (QED) is 0.264. The Balaban J connectivity index is 1.90. The molecule has 140 valence electrons. The summed E-state index contributed by atoms with van der Waals surface area (Å²) in [4.78, 5) is 11.3. The van der Waals surface area contributed by atoms with Gasteiger partial charge in [-0.1, -0.05) is 29.4 Å². The van der Waals surface area contributed by atoms with Crippen LogP contribution < -0.4 is 4.74 Å². The van der Waals surface area contributed by atoms with Crippen LogP contribution in [0, 0.1) is 6.92 Å². The second-order valence-electron chi connectivity index (χ2n) is 5.52. The van der Waals surface area contributed by atoms with Crippen molar-refractivity contribution in [2.45, 2.75) is 31.5 Å². The van der Waals surface area contributed by atoms with E-state index in [9.17, 15) is 4.79 Å². The third kappa shape index (κ3) is 5.78. The molecule has 1 aromatic carbocycles. The Morgan fingerprint density at radius 2 is 2.23 bits per heavy atom. The lowest BCUT2D eigenvalue weighted by atomic mass is 10.2. The number of esters is 1. The van der Waals surface area contributed by atoms with Gasteiger partial charge in [0.15, 0.2) is 5.16 Å². The maximum Gasteiger partial charge on any atom is 0.316 e. The molecule has 0 aliphatic carbocycles. The molecule has 0 radical (unpaired) electrons. The molecule has 6 nitrogen and oxygen atoms in total. The van der Waals surface area contributed by atoms with Gasteiger partial charge in [0.05, 0.1) is 19.5 Å². The van der Waals surface area contributed by atoms with Crippen LogP contribution in [0.25, 0.3) is 0 Å². The van der Waals surface area contributed by atoms with Crippen LogP contribution in [0.2, 0.25) is 5.02 Å². The third-order valence-corrected chi connectivity index (χ3v) is 4.77. The maximum atomic E-state index is 11.3. The lowest BCUT2D eigenvalue weighted by Crippen LogP contribution is -2.08. The van der Waals surface area contributed by atoms with Gasteiger partial charge in [-0.2, -0.15) is 0 Å². The van der Waals surface area contributed by atoms with Crippen LogP contribution in [-0.2, 0) is 22.5 Å². The molecule has 0 bridgehead atoms. The number of hydrogen-bond donors (Lipinski definition) is 0. The summed E-state index contributed by atoms with van der Waals surface area (Å²) in [5, 5.41) is 9.78. The first-order valence-electron chi connectivity index (χ1n) is 8.16. The molecule has 26 heavy (non-hydrogen) atoms. The number of halogens is 1. The number of benzene rings is 1. The molecular weight excluding hydrogens is 374 g/mol. The molecule has 0 unspecified atom stereocenters. The summed E-state index contributed by atoms with van der Waals surface area (Å²) in [5.74, 6) is 1.58. The van der Waals surface area contributed by atoms with Crippen LogP contribution in [0.4, 0.5) is 0 Å². The van der Waals surface area contributed by atoms with Crippen LogP contribution in [0.5, 0.6) is 5.75 Å². The number of rotatable bonds is 10. The molecule has 1 aromatic heterocycles. The summed E-state index contributed by atoms with van der Waals surface area (Å²) in [5.41, 5.74) is 1.01. The summed E-state index contributed by atoms with van der Waals surface area (Å²) < 4.78 is 12.4. The number of carbonyl (C=O) groups is 1. The summed E-state index contributed by atoms with van der Waals surface area (Å²) in [6, 6.07) is 5.57. The molecule has 0 saturated carbocycles. The fraction of sp³-hybridized carbons (Fsp3) is 0.389. The van der Waals surface area contributed by atoms with E-state index in [0.29, 0.717) is 29.8 Å². The highest BCUT2D eigenvalue weighted by atomic mass is 35.5. The molecule has 0 N–H and O–H groups in total. The van der Waals surface area contributed by atoms with Gasteiger partial charge in [0.25, 0.3) is 0 Å². The minimum atomic E-state index is -0.295. The topological polar surface area (TPSA) is 66.2 Å². The highest BCUT2D eigenvalue weighted by molar-refractivity contribution is 7.99. The van der Waals surface area contributed by atoms with Gasteiger partial charge in [-0.25, -0.2) is 0 Å². The Hall–Kier alpha value is -1.99. The van der Waals surface area contributed by atoms with Crippen LogP contribution in [0.1, 0.15) is 17.8 Å². The summed E-state index contributed by atoms with van der Waals surface area (Å²) in [7, 11) is 1.37. The highest BCUT2D eigenvalue weighted by Crippen LogP contribution is 2.22. The predicted octanol–water partition coefficient (Wildman–Crippen LogP) is 3.70. The first-order chi connectivity index (χ1) is 12.5. The van der Waals surface area contributed by atoms with Crippen LogP contribution >= 0.6 is 23.4 Å². The summed E-state index contributed by atoms with van der Waals surface area (Å²) >= 11 is 7.25. The Bertz CT molecular complexity index is 764. The SMILES string of the molecule is C=CCn1c(CCCOc2ccc(Cl)cc2C)nnc1SCC(=O)OC. The van der Waals surface area contributed by atoms with Crippen molar-refractivity contribution in [3.05, 3.63) is 47.3 Å². The normalized spacial score (nSPS) is 10.6. The first kappa shape index (κ1) is 20.3. The maximum absolute atomic E-state index is 11.3. The molecule has 0 aliphatic heterocycles. The lowest BCUT2D eigenvalue weighted by Gasteiger charge is -2.10. The van der Waals surface area contributed by atoms with E-state index < -0.39 is 0 Å². The van der Waals surface area contributed by atoms with E-state index in [4.69, 9.17) is 16.3 Å². The molecule has 0 atom stereocenters. The Morgan fingerprint density at radius 3 is 2.92 bits per heavy atom. The van der Waals surface area contributed by atoms with Gasteiger partial charge in [0, 0.05) is 18.0 Å². The average Bonchev–Trinajstić information content (AvgIpc) is 3.00. The van der Waals surface area contributed by atoms with Crippen molar-refractivity contribution in [2.75, 3.05) is 19.5 Å². The van der Waals surface area contributed by atoms with Gasteiger partial charge in [-0.3, -0.25) is 4.79 Å². The number of aromatic nitrogens is 3. The van der Waals surface area contributed by atoms with Crippen LogP contribution in [-0.4, -0.2) is 40.2 Å². The van der Waals surface area contributed by atoms with Crippen molar-refractivity contribution < 1.29 is 14.3 Å². The minimum absolute atomic E-state index is 0.199. The molecule has 1 heterocycles. The van der Waals surface area contributed by atoms with E-state index in [0.717, 1.165) is 23.6 Å². The zero-order chi connectivity index (χ0) is 18.9. The van der Waals surface area contributed by atoms with Crippen molar-refractivity contribution in [3.8, 4) is 5.75 Å². The molecule has 0 amide bonds. The molecule has 0 fully saturated rings. The standard InChI is InChI=1S/C18H22ClN3O3S/c1-4-9-22-16(20-21-18(22)26-12-17(23)24-3)6-5-10-25-15-8-7-14(19)11-13(15)2/h4,7-8,11H,1,5-6,9-10,12H2,2-3H3. The monoisotopic (exact) mass is 395 g/mol. The second kappa shape index (κ2) is 10.2. The van der Waals surface area contributed by atoms with Crippen molar-refractivity contribution in [1.82, 2.24) is 14.8 Å². The zero-order valence-electron chi connectivity index (χ0n) is 14.9. The largest absolute Gasteiger partial charge is 0.493 e. The number of thioether (sulfide) groups is 1. The van der Waals surface area contributed by atoms with Crippen LogP contribution in [0.15, 0.2) is 36.0 Å². The Morgan fingerprint density at radius 1 is 1.42 bits per heavy atom. The van der Waals surface area contributed by atoms with Crippen molar-refractivity contribution in [3.63, 3.8) is 0 Å². The number of hydrogen-bond acceptors (Lipinski definition) is 6. The van der Waals surface area contributed by atoms with Crippen molar-refractivity contribution in [2.24, 2.45) is 0 Å². The number of carbonyl (C=O) groups excluding carboxylic acids is 1. The van der Waals surface area contributed by atoms with E-state index in [2.05, 4.69) is 21.5 Å². The highest BCUT2D eigenvalue weighted by Gasteiger charge is 2.13. The molecule has 0 aliphatic rings. The van der Waals surface area contributed by atoms with Gasteiger partial charge < -0.3 is 14.0 Å². The number of aryl methyl sites for hydroxylation is 2. The molecule has 0 saturated heterocycles. The number of nitrogens with zero attached hydrogens (tertiary/aromatic N) is 3. The summed E-state index contributed by atoms with van der Waals surface area (Å²) in [6.45, 7) is 6.88. The predicted molar refractivity (Wildman–Crippen MR) is 103 cm³/mol. The smallest absolute Gasteiger partial charge is 0.316 e. The van der Waals surface area contributed by atoms with E-state index in [1.165, 1.54) is 18.9 Å². The zero-order valence-corrected chi connectivity index (χ0v) is 16.5. The van der Waals surface area contributed by atoms with Gasteiger partial charge in [0.2, 0.25) is 0 Å². The molecule has 0 spiro atoms. The lowest BCUT2D eigenvalue weighted by molar-refractivity contribution is -0.137. The van der Waals surface area contributed by atoms with E-state index >= 15 is 0 Å². The third-order valence-electron chi connectivity index (χ3n) is 3.59. The number of allylic oxidation sites excluding steroid dienone is 1. The number of methoxy groups -OCH3 is 1. The van der Waals surface area contributed by atoms with Gasteiger partial charge in [0.1, 0.15) is 11.6 Å². The summed E-state index contributed by atoms with van der Waals surface area (Å²) in [6.07, 6.45) is 3.29. The first-order valence-corrected chi connectivity index (χ1v) is 9.53. The van der Waals surface area contributed by atoms with E-state index in [1.807, 2.05) is 29.7 Å². The molecule has 8 heteroatoms. The van der Waals surface area contributed by atoms with Crippen molar-refractivity contribution >= 4 is 29.3 Å². The van der Waals surface area contributed by atoms with Gasteiger partial charge >= 0.3 is 5.97 Å². The molecular formula is C18H22ClN3O3S. The Kier molecular flexibility index (Phi) is 8.00. The number of ether oxygens (including phenoxy) is 2. The second-order valence-corrected chi connectivity index (χ2v) is 6.90. The Labute approximate surface area is 162 Å². The van der Waals surface area contributed by atoms with Gasteiger partial charge in [-0.05, 0) is 37.1 Å². The fourth-order valence-electron chi connectivity index (χ4n) is 2.29. The fourth-order valence-corrected chi connectivity index (χ4v) is 3.32. The minimum Gasteiger partial charge on any atom is -0.493 e. The van der Waals surface area contributed by atoms with E-state index in [-0.39, 0.29) is 11.7 Å². The average molecular weight is 396 g/mol. The van der Waals surface area contributed by atoms with Gasteiger partial charge in [-0.15, -0.1) is 16.8 Å². The van der Waals surface area contributed by atoms with Crippen molar-refractivity contribution in [1.29, 1.82) is 0 Å². The van der Waals surface area contributed by atoms with Crippen LogP contribution in [0.3, 0.4) is 0 Å². The molecule has 2 rings (SSSR count). The van der Waals surface area contributed by atoms with E-state index in [1.54, 1.807) is 6.08 Å². The molecule has 2 aromatic rings.